The molecule has 0 aliphatic carbocycles. The Labute approximate surface area is 88.5 Å². The summed E-state index contributed by atoms with van der Waals surface area (Å²) >= 11 is 0. The summed E-state index contributed by atoms with van der Waals surface area (Å²) in [6.45, 7) is 3.13. The fourth-order valence-electron chi connectivity index (χ4n) is 1.33. The zero-order valence-electron chi connectivity index (χ0n) is 8.78. The molecule has 0 fully saturated rings. The number of carbonyl (C=O) groups excluding carboxylic acids is 2. The normalized spacial score (nSPS) is 11.9. The second-order valence-electron chi connectivity index (χ2n) is 3.39. The zero-order valence-corrected chi connectivity index (χ0v) is 8.78. The van der Waals surface area contributed by atoms with Crippen LogP contribution in [0.15, 0.2) is 24.3 Å². The molecule has 1 aromatic rings. The van der Waals surface area contributed by atoms with Gasteiger partial charge in [-0.1, -0.05) is 18.2 Å². The van der Waals surface area contributed by atoms with Crippen LogP contribution in [0.2, 0.25) is 0 Å². The van der Waals surface area contributed by atoms with Crippen LogP contribution in [-0.2, 0) is 9.59 Å². The molecule has 1 aromatic carbocycles. The highest BCUT2D eigenvalue weighted by molar-refractivity contribution is 5.91. The molecule has 0 bridgehead atoms. The summed E-state index contributed by atoms with van der Waals surface area (Å²) in [5.74, 6) is -0.986. The molecule has 0 spiro atoms. The fraction of sp³-hybridized carbons (Fsp3) is 0.273. The van der Waals surface area contributed by atoms with Crippen molar-refractivity contribution in [1.29, 1.82) is 0 Å². The number of rotatable bonds is 3. The minimum atomic E-state index is -0.409. The first-order valence-corrected chi connectivity index (χ1v) is 4.68. The van der Waals surface area contributed by atoms with Crippen molar-refractivity contribution in [3.8, 4) is 0 Å². The van der Waals surface area contributed by atoms with Crippen LogP contribution in [0.3, 0.4) is 0 Å². The molecular weight excluding hydrogens is 192 g/mol. The lowest BCUT2D eigenvalue weighted by Gasteiger charge is -2.13. The van der Waals surface area contributed by atoms with Gasteiger partial charge in [0.15, 0.2) is 0 Å². The smallest absolute Gasteiger partial charge is 0.224 e. The summed E-state index contributed by atoms with van der Waals surface area (Å²) in [5, 5.41) is 2.66. The quantitative estimate of drug-likeness (QED) is 0.780. The molecule has 1 atom stereocenters. The van der Waals surface area contributed by atoms with E-state index in [-0.39, 0.29) is 5.91 Å². The molecular formula is C11H14N2O2. The Morgan fingerprint density at radius 2 is 1.93 bits per heavy atom. The molecule has 80 valence electrons. The first kappa shape index (κ1) is 11.2. The highest BCUT2D eigenvalue weighted by Crippen LogP contribution is 2.23. The average molecular weight is 206 g/mol. The van der Waals surface area contributed by atoms with Crippen molar-refractivity contribution in [2.24, 2.45) is 5.73 Å². The van der Waals surface area contributed by atoms with Crippen molar-refractivity contribution in [1.82, 2.24) is 0 Å². The second-order valence-corrected chi connectivity index (χ2v) is 3.39. The molecule has 0 radical (unpaired) electrons. The van der Waals surface area contributed by atoms with Gasteiger partial charge in [-0.05, 0) is 18.6 Å². The van der Waals surface area contributed by atoms with Crippen molar-refractivity contribution in [2.45, 2.75) is 19.8 Å². The number of benzene rings is 1. The molecule has 1 rings (SSSR count). The third kappa shape index (κ3) is 2.80. The maximum absolute atomic E-state index is 11.0. The summed E-state index contributed by atoms with van der Waals surface area (Å²) in [6, 6.07) is 7.12. The summed E-state index contributed by atoms with van der Waals surface area (Å²) in [7, 11) is 0. The van der Waals surface area contributed by atoms with Gasteiger partial charge in [-0.25, -0.2) is 0 Å². The predicted molar refractivity (Wildman–Crippen MR) is 58.4 cm³/mol. The predicted octanol–water partition coefficient (Wildman–Crippen LogP) is 1.23. The van der Waals surface area contributed by atoms with Gasteiger partial charge in [-0.3, -0.25) is 9.59 Å². The van der Waals surface area contributed by atoms with Gasteiger partial charge in [-0.2, -0.15) is 0 Å². The van der Waals surface area contributed by atoms with Gasteiger partial charge >= 0.3 is 0 Å². The standard InChI is InChI=1S/C11H14N2O2/c1-7(11(12)15)9-5-3-4-6-10(9)13-8(2)14/h3-7H,1-2H3,(H2,12,15)(H,13,14). The van der Waals surface area contributed by atoms with Crippen molar-refractivity contribution in [3.05, 3.63) is 29.8 Å². The van der Waals surface area contributed by atoms with Gasteiger partial charge in [-0.15, -0.1) is 0 Å². The number of hydrogen-bond acceptors (Lipinski definition) is 2. The lowest BCUT2D eigenvalue weighted by atomic mass is 9.98. The monoisotopic (exact) mass is 206 g/mol. The Morgan fingerprint density at radius 3 is 2.47 bits per heavy atom. The number of hydrogen-bond donors (Lipinski definition) is 2. The van der Waals surface area contributed by atoms with Crippen LogP contribution in [0.1, 0.15) is 25.3 Å². The maximum atomic E-state index is 11.0. The molecule has 3 N–H and O–H groups in total. The van der Waals surface area contributed by atoms with Crippen LogP contribution in [0.4, 0.5) is 5.69 Å². The number of anilines is 1. The van der Waals surface area contributed by atoms with Crippen molar-refractivity contribution < 1.29 is 9.59 Å². The largest absolute Gasteiger partial charge is 0.369 e. The number of nitrogens with one attached hydrogen (secondary N) is 1. The number of primary amides is 1. The van der Waals surface area contributed by atoms with Crippen LogP contribution in [-0.4, -0.2) is 11.8 Å². The van der Waals surface area contributed by atoms with E-state index in [0.717, 1.165) is 5.56 Å². The Balaban J connectivity index is 3.05. The van der Waals surface area contributed by atoms with E-state index in [1.807, 2.05) is 0 Å². The van der Waals surface area contributed by atoms with Gasteiger partial charge in [0.25, 0.3) is 0 Å². The van der Waals surface area contributed by atoms with Crippen LogP contribution >= 0.6 is 0 Å². The molecule has 4 nitrogen and oxygen atoms in total. The number of carbonyl (C=O) groups is 2. The molecule has 4 heteroatoms. The molecule has 0 aliphatic rings. The molecule has 0 aromatic heterocycles. The van der Waals surface area contributed by atoms with E-state index in [1.54, 1.807) is 31.2 Å². The topological polar surface area (TPSA) is 72.2 Å². The Kier molecular flexibility index (Phi) is 3.44. The first-order valence-electron chi connectivity index (χ1n) is 4.68. The third-order valence-corrected chi connectivity index (χ3v) is 2.16. The van der Waals surface area contributed by atoms with Crippen LogP contribution in [0.25, 0.3) is 0 Å². The highest BCUT2D eigenvalue weighted by Gasteiger charge is 2.15. The van der Waals surface area contributed by atoms with E-state index >= 15 is 0 Å². The Hall–Kier alpha value is -1.84. The Morgan fingerprint density at radius 1 is 1.33 bits per heavy atom. The van der Waals surface area contributed by atoms with E-state index in [2.05, 4.69) is 5.32 Å². The summed E-state index contributed by atoms with van der Waals surface area (Å²) in [6.07, 6.45) is 0. The minimum absolute atomic E-state index is 0.167. The van der Waals surface area contributed by atoms with Gasteiger partial charge in [0.05, 0.1) is 5.92 Å². The summed E-state index contributed by atoms with van der Waals surface area (Å²) in [5.41, 5.74) is 6.59. The molecule has 0 aliphatic heterocycles. The minimum Gasteiger partial charge on any atom is -0.369 e. The van der Waals surface area contributed by atoms with Crippen molar-refractivity contribution >= 4 is 17.5 Å². The number of amides is 2. The fourth-order valence-corrected chi connectivity index (χ4v) is 1.33. The van der Waals surface area contributed by atoms with E-state index in [1.165, 1.54) is 6.92 Å². The van der Waals surface area contributed by atoms with Gasteiger partial charge in [0.1, 0.15) is 0 Å². The molecule has 0 heterocycles. The molecule has 0 saturated carbocycles. The Bertz CT molecular complexity index is 388. The van der Waals surface area contributed by atoms with Gasteiger partial charge < -0.3 is 11.1 Å². The molecule has 2 amide bonds. The van der Waals surface area contributed by atoms with Gasteiger partial charge in [0.2, 0.25) is 11.8 Å². The number of nitrogens with two attached hydrogens (primary N) is 1. The van der Waals surface area contributed by atoms with Crippen molar-refractivity contribution in [3.63, 3.8) is 0 Å². The van der Waals surface area contributed by atoms with E-state index in [0.29, 0.717) is 5.69 Å². The average Bonchev–Trinajstić information content (AvgIpc) is 2.16. The van der Waals surface area contributed by atoms with E-state index in [4.69, 9.17) is 5.73 Å². The number of para-hydroxylation sites is 1. The first-order chi connectivity index (χ1) is 7.02. The summed E-state index contributed by atoms with van der Waals surface area (Å²) < 4.78 is 0. The van der Waals surface area contributed by atoms with Gasteiger partial charge in [0, 0.05) is 12.6 Å². The van der Waals surface area contributed by atoms with Crippen LogP contribution in [0.5, 0.6) is 0 Å². The zero-order chi connectivity index (χ0) is 11.4. The third-order valence-electron chi connectivity index (χ3n) is 2.16. The molecule has 1 unspecified atom stereocenters. The molecule has 15 heavy (non-hydrogen) atoms. The van der Waals surface area contributed by atoms with E-state index < -0.39 is 11.8 Å². The SMILES string of the molecule is CC(=O)Nc1ccccc1C(C)C(N)=O. The van der Waals surface area contributed by atoms with Crippen LogP contribution < -0.4 is 11.1 Å². The molecule has 0 saturated heterocycles. The maximum Gasteiger partial charge on any atom is 0.224 e. The summed E-state index contributed by atoms with van der Waals surface area (Å²) in [4.78, 5) is 22.0. The second kappa shape index (κ2) is 4.59. The van der Waals surface area contributed by atoms with Crippen LogP contribution in [0, 0.1) is 0 Å². The lowest BCUT2D eigenvalue weighted by Crippen LogP contribution is -2.20. The lowest BCUT2D eigenvalue weighted by molar-refractivity contribution is -0.119. The van der Waals surface area contributed by atoms with E-state index in [9.17, 15) is 9.59 Å². The highest BCUT2D eigenvalue weighted by atomic mass is 16.1. The van der Waals surface area contributed by atoms with Crippen molar-refractivity contribution in [2.75, 3.05) is 5.32 Å².